The smallest absolute Gasteiger partial charge is 0.0701 e. The van der Waals surface area contributed by atoms with Gasteiger partial charge in [-0.1, -0.05) is 0 Å². The lowest BCUT2D eigenvalue weighted by atomic mass is 10.2. The van der Waals surface area contributed by atoms with Gasteiger partial charge in [-0.2, -0.15) is 0 Å². The molecule has 0 unspecified atom stereocenters. The Hall–Kier alpha value is -0.160. The van der Waals surface area contributed by atoms with Crippen LogP contribution in [-0.2, 0) is 18.9 Å². The minimum Gasteiger partial charge on any atom is -0.379 e. The molecule has 0 atom stereocenters. The van der Waals surface area contributed by atoms with Crippen LogP contribution in [0.3, 0.4) is 0 Å². The van der Waals surface area contributed by atoms with Gasteiger partial charge in [0.15, 0.2) is 0 Å². The number of rotatable bonds is 0. The molecule has 1 heterocycles. The van der Waals surface area contributed by atoms with Crippen LogP contribution in [0.5, 0.6) is 0 Å². The van der Waals surface area contributed by atoms with Crippen molar-refractivity contribution in [1.82, 2.24) is 0 Å². The molecule has 4 heteroatoms. The van der Waals surface area contributed by atoms with Crippen molar-refractivity contribution in [2.45, 2.75) is 0 Å². The maximum atomic E-state index is 5.35. The lowest BCUT2D eigenvalue weighted by molar-refractivity contribution is 0.0106. The second-order valence-corrected chi connectivity index (χ2v) is 3.24. The van der Waals surface area contributed by atoms with Crippen LogP contribution >= 0.6 is 0 Å². The molecule has 1 aliphatic rings. The van der Waals surface area contributed by atoms with Crippen molar-refractivity contribution in [1.29, 1.82) is 0 Å². The van der Waals surface area contributed by atoms with Gasteiger partial charge in [-0.15, -0.1) is 0 Å². The highest BCUT2D eigenvalue weighted by molar-refractivity contribution is 4.58. The van der Waals surface area contributed by atoms with Crippen LogP contribution in [0.4, 0.5) is 0 Å². The van der Waals surface area contributed by atoms with Gasteiger partial charge in [0.05, 0.1) is 52.9 Å². The molecular formula is C10H19O4. The first kappa shape index (κ1) is 11.9. The number of ether oxygens (including phenoxy) is 4. The van der Waals surface area contributed by atoms with E-state index in [1.54, 1.807) is 0 Å². The van der Waals surface area contributed by atoms with Gasteiger partial charge in [0.2, 0.25) is 0 Å². The molecule has 0 N–H and O–H groups in total. The molecule has 1 radical (unpaired) electrons. The van der Waals surface area contributed by atoms with Crippen LogP contribution in [0.15, 0.2) is 0 Å². The standard InChI is InChI=1S/C10H19O4/c1-10-8-13-6-4-11-2-3-12-5-7-14-9-10/h10H,1-9H2. The monoisotopic (exact) mass is 203 g/mol. The molecule has 0 aromatic rings. The second-order valence-electron chi connectivity index (χ2n) is 3.24. The molecular weight excluding hydrogens is 184 g/mol. The summed E-state index contributed by atoms with van der Waals surface area (Å²) in [6, 6.07) is 0. The Bertz CT molecular complexity index is 115. The maximum Gasteiger partial charge on any atom is 0.0701 e. The van der Waals surface area contributed by atoms with E-state index < -0.39 is 0 Å². The normalized spacial score (nSPS) is 24.6. The molecule has 14 heavy (non-hydrogen) atoms. The van der Waals surface area contributed by atoms with Crippen LogP contribution in [0.1, 0.15) is 0 Å². The molecule has 0 aromatic carbocycles. The highest BCUT2D eigenvalue weighted by atomic mass is 16.6. The lowest BCUT2D eigenvalue weighted by Crippen LogP contribution is -2.16. The van der Waals surface area contributed by atoms with E-state index >= 15 is 0 Å². The summed E-state index contributed by atoms with van der Waals surface area (Å²) in [4.78, 5) is 0. The van der Waals surface area contributed by atoms with Crippen molar-refractivity contribution in [2.24, 2.45) is 5.92 Å². The Morgan fingerprint density at radius 1 is 0.643 bits per heavy atom. The summed E-state index contributed by atoms with van der Waals surface area (Å²) < 4.78 is 21.2. The van der Waals surface area contributed by atoms with Gasteiger partial charge in [-0.05, 0) is 6.92 Å². The summed E-state index contributed by atoms with van der Waals surface area (Å²) >= 11 is 0. The van der Waals surface area contributed by atoms with Crippen molar-refractivity contribution in [3.8, 4) is 0 Å². The molecule has 83 valence electrons. The van der Waals surface area contributed by atoms with Gasteiger partial charge in [-0.25, -0.2) is 0 Å². The molecule has 4 nitrogen and oxygen atoms in total. The van der Waals surface area contributed by atoms with Crippen LogP contribution in [0, 0.1) is 12.8 Å². The molecule has 0 amide bonds. The fourth-order valence-electron chi connectivity index (χ4n) is 1.11. The fraction of sp³-hybridized carbons (Fsp3) is 0.900. The van der Waals surface area contributed by atoms with Gasteiger partial charge < -0.3 is 18.9 Å². The van der Waals surface area contributed by atoms with E-state index in [2.05, 4.69) is 6.92 Å². The van der Waals surface area contributed by atoms with Crippen molar-refractivity contribution in [3.63, 3.8) is 0 Å². The third kappa shape index (κ3) is 6.32. The Kier molecular flexibility index (Phi) is 6.95. The zero-order chi connectivity index (χ0) is 10.1. The predicted molar refractivity (Wildman–Crippen MR) is 52.1 cm³/mol. The third-order valence-corrected chi connectivity index (χ3v) is 1.82. The molecule has 0 saturated carbocycles. The van der Waals surface area contributed by atoms with Crippen molar-refractivity contribution < 1.29 is 18.9 Å². The summed E-state index contributed by atoms with van der Waals surface area (Å²) in [5, 5.41) is 0. The lowest BCUT2D eigenvalue weighted by Gasteiger charge is -2.11. The maximum absolute atomic E-state index is 5.35. The summed E-state index contributed by atoms with van der Waals surface area (Å²) in [5.41, 5.74) is 0. The number of hydrogen-bond acceptors (Lipinski definition) is 4. The van der Waals surface area contributed by atoms with Crippen LogP contribution in [-0.4, -0.2) is 52.9 Å². The quantitative estimate of drug-likeness (QED) is 0.575. The average Bonchev–Trinajstić information content (AvgIpc) is 2.20. The molecule has 0 aromatic heterocycles. The van der Waals surface area contributed by atoms with Gasteiger partial charge in [0.1, 0.15) is 0 Å². The first-order valence-electron chi connectivity index (χ1n) is 5.03. The first-order valence-corrected chi connectivity index (χ1v) is 5.03. The molecule has 0 spiro atoms. The minimum absolute atomic E-state index is 0.191. The summed E-state index contributed by atoms with van der Waals surface area (Å²) in [6.45, 7) is 8.90. The SMILES string of the molecule is [CH2]C1COCCOCCOCCOC1. The van der Waals surface area contributed by atoms with Crippen molar-refractivity contribution in [2.75, 3.05) is 52.9 Å². The van der Waals surface area contributed by atoms with E-state index in [4.69, 9.17) is 18.9 Å². The Balaban J connectivity index is 2.12. The van der Waals surface area contributed by atoms with Crippen molar-refractivity contribution in [3.05, 3.63) is 6.92 Å². The van der Waals surface area contributed by atoms with E-state index in [0.29, 0.717) is 52.9 Å². The zero-order valence-corrected chi connectivity index (χ0v) is 8.57. The average molecular weight is 203 g/mol. The van der Waals surface area contributed by atoms with E-state index in [0.717, 1.165) is 0 Å². The van der Waals surface area contributed by atoms with E-state index in [-0.39, 0.29) is 5.92 Å². The second kappa shape index (κ2) is 8.17. The van der Waals surface area contributed by atoms with Gasteiger partial charge in [0, 0.05) is 5.92 Å². The van der Waals surface area contributed by atoms with Crippen LogP contribution in [0.25, 0.3) is 0 Å². The minimum atomic E-state index is 0.191. The van der Waals surface area contributed by atoms with Gasteiger partial charge in [-0.3, -0.25) is 0 Å². The Labute approximate surface area is 85.5 Å². The first-order chi connectivity index (χ1) is 6.89. The van der Waals surface area contributed by atoms with E-state index in [1.165, 1.54) is 0 Å². The Morgan fingerprint density at radius 3 is 1.43 bits per heavy atom. The molecule has 0 aliphatic carbocycles. The van der Waals surface area contributed by atoms with Crippen LogP contribution < -0.4 is 0 Å². The molecule has 1 rings (SSSR count). The van der Waals surface area contributed by atoms with Gasteiger partial charge in [0.25, 0.3) is 0 Å². The van der Waals surface area contributed by atoms with E-state index in [9.17, 15) is 0 Å². The van der Waals surface area contributed by atoms with Gasteiger partial charge >= 0.3 is 0 Å². The topological polar surface area (TPSA) is 36.9 Å². The molecule has 1 aliphatic heterocycles. The highest BCUT2D eigenvalue weighted by Gasteiger charge is 2.03. The summed E-state index contributed by atoms with van der Waals surface area (Å²) in [7, 11) is 0. The molecule has 0 bridgehead atoms. The van der Waals surface area contributed by atoms with Crippen LogP contribution in [0.2, 0.25) is 0 Å². The van der Waals surface area contributed by atoms with Crippen molar-refractivity contribution >= 4 is 0 Å². The highest BCUT2D eigenvalue weighted by Crippen LogP contribution is 1.97. The third-order valence-electron chi connectivity index (χ3n) is 1.82. The van der Waals surface area contributed by atoms with E-state index in [1.807, 2.05) is 0 Å². The number of hydrogen-bond donors (Lipinski definition) is 0. The summed E-state index contributed by atoms with van der Waals surface area (Å²) in [5.74, 6) is 0.191. The molecule has 1 saturated heterocycles. The Morgan fingerprint density at radius 2 is 1.00 bits per heavy atom. The zero-order valence-electron chi connectivity index (χ0n) is 8.57. The largest absolute Gasteiger partial charge is 0.379 e. The summed E-state index contributed by atoms with van der Waals surface area (Å²) in [6.07, 6.45) is 0. The molecule has 1 fully saturated rings. The predicted octanol–water partition coefficient (Wildman–Crippen LogP) is 0.517. The fourth-order valence-corrected chi connectivity index (χ4v) is 1.11.